The van der Waals surface area contributed by atoms with Gasteiger partial charge in [-0.3, -0.25) is 9.69 Å². The average Bonchev–Trinajstić information content (AvgIpc) is 2.56. The minimum atomic E-state index is 0.128. The first-order valence-electron chi connectivity index (χ1n) is 9.09. The van der Waals surface area contributed by atoms with Crippen molar-refractivity contribution in [3.8, 4) is 0 Å². The fourth-order valence-electron chi connectivity index (χ4n) is 3.75. The Morgan fingerprint density at radius 1 is 1.21 bits per heavy atom. The zero-order valence-corrected chi connectivity index (χ0v) is 14.8. The van der Waals surface area contributed by atoms with Crippen molar-refractivity contribution in [3.63, 3.8) is 0 Å². The predicted molar refractivity (Wildman–Crippen MR) is 96.0 cm³/mol. The number of nitrogens with zero attached hydrogens (tertiary/aromatic N) is 1. The quantitative estimate of drug-likeness (QED) is 0.888. The van der Waals surface area contributed by atoms with Crippen LogP contribution in [0.4, 0.5) is 5.69 Å². The Bertz CT molecular complexity index is 547. The topological polar surface area (TPSA) is 53.6 Å². The Hall–Kier alpha value is -1.43. The van der Waals surface area contributed by atoms with Gasteiger partial charge in [-0.15, -0.1) is 0 Å². The molecule has 2 saturated heterocycles. The van der Waals surface area contributed by atoms with Crippen LogP contribution in [0.15, 0.2) is 24.3 Å². The Kier molecular flexibility index (Phi) is 5.87. The first kappa shape index (κ1) is 17.4. The van der Waals surface area contributed by atoms with E-state index in [1.165, 1.54) is 5.56 Å². The molecular formula is C19H29N3O2. The van der Waals surface area contributed by atoms with Crippen LogP contribution in [0.25, 0.3) is 0 Å². The maximum atomic E-state index is 12.5. The summed E-state index contributed by atoms with van der Waals surface area (Å²) in [6, 6.07) is 8.17. The first-order valence-corrected chi connectivity index (χ1v) is 9.09. The zero-order chi connectivity index (χ0) is 16.9. The van der Waals surface area contributed by atoms with E-state index in [1.54, 1.807) is 0 Å². The second kappa shape index (κ2) is 8.10. The molecule has 132 valence electrons. The van der Waals surface area contributed by atoms with Gasteiger partial charge in [0.2, 0.25) is 5.91 Å². The number of hydrogen-bond acceptors (Lipinski definition) is 4. The minimum Gasteiger partial charge on any atom is -0.373 e. The number of ether oxygens (including phenoxy) is 1. The average molecular weight is 331 g/mol. The van der Waals surface area contributed by atoms with E-state index in [-0.39, 0.29) is 24.0 Å². The van der Waals surface area contributed by atoms with Gasteiger partial charge in [-0.05, 0) is 51.4 Å². The van der Waals surface area contributed by atoms with Crippen molar-refractivity contribution in [1.82, 2.24) is 10.2 Å². The lowest BCUT2D eigenvalue weighted by Gasteiger charge is -2.35. The Balaban J connectivity index is 1.65. The van der Waals surface area contributed by atoms with Crippen LogP contribution in [0.2, 0.25) is 0 Å². The molecule has 2 heterocycles. The highest BCUT2D eigenvalue weighted by molar-refractivity contribution is 5.93. The molecule has 2 atom stereocenters. The third-order valence-electron chi connectivity index (χ3n) is 4.87. The monoisotopic (exact) mass is 331 g/mol. The van der Waals surface area contributed by atoms with Crippen LogP contribution in [0.3, 0.4) is 0 Å². The number of piperidine rings is 1. The molecule has 24 heavy (non-hydrogen) atoms. The van der Waals surface area contributed by atoms with Gasteiger partial charge in [0.15, 0.2) is 0 Å². The summed E-state index contributed by atoms with van der Waals surface area (Å²) in [5.74, 6) is 0.287. The van der Waals surface area contributed by atoms with Crippen LogP contribution >= 0.6 is 0 Å². The smallest absolute Gasteiger partial charge is 0.227 e. The maximum absolute atomic E-state index is 12.5. The highest BCUT2D eigenvalue weighted by Crippen LogP contribution is 2.22. The van der Waals surface area contributed by atoms with E-state index in [0.29, 0.717) is 0 Å². The summed E-state index contributed by atoms with van der Waals surface area (Å²) in [5, 5.41) is 6.48. The van der Waals surface area contributed by atoms with E-state index in [0.717, 1.165) is 51.3 Å². The summed E-state index contributed by atoms with van der Waals surface area (Å²) in [5.41, 5.74) is 2.13. The van der Waals surface area contributed by atoms with Crippen molar-refractivity contribution in [3.05, 3.63) is 29.8 Å². The SMILES string of the molecule is CC1CN(Cc2ccccc2NC(=O)C2CCNCC2)CC(C)O1. The molecule has 1 aromatic rings. The molecule has 3 rings (SSSR count). The summed E-state index contributed by atoms with van der Waals surface area (Å²) in [7, 11) is 0. The molecular weight excluding hydrogens is 302 g/mol. The molecule has 0 saturated carbocycles. The molecule has 2 N–H and O–H groups in total. The number of nitrogens with one attached hydrogen (secondary N) is 2. The molecule has 2 fully saturated rings. The second-order valence-electron chi connectivity index (χ2n) is 7.12. The normalized spacial score (nSPS) is 26.2. The van der Waals surface area contributed by atoms with Gasteiger partial charge in [-0.1, -0.05) is 18.2 Å². The molecule has 5 heteroatoms. The summed E-state index contributed by atoms with van der Waals surface area (Å²) in [4.78, 5) is 15.0. The molecule has 0 bridgehead atoms. The number of morpholine rings is 1. The first-order chi connectivity index (χ1) is 11.6. The molecule has 2 unspecified atom stereocenters. The standard InChI is InChI=1S/C19H29N3O2/c1-14-11-22(12-15(2)24-14)13-17-5-3-4-6-18(17)21-19(23)16-7-9-20-10-8-16/h3-6,14-16,20H,7-13H2,1-2H3,(H,21,23). The van der Waals surface area contributed by atoms with Crippen LogP contribution in [-0.2, 0) is 16.1 Å². The van der Waals surface area contributed by atoms with Gasteiger partial charge in [0, 0.05) is 31.2 Å². The number of amides is 1. The number of rotatable bonds is 4. The van der Waals surface area contributed by atoms with E-state index in [4.69, 9.17) is 4.74 Å². The number of para-hydroxylation sites is 1. The third kappa shape index (κ3) is 4.56. The lowest BCUT2D eigenvalue weighted by molar-refractivity contribution is -0.120. The van der Waals surface area contributed by atoms with E-state index in [2.05, 4.69) is 35.4 Å². The molecule has 0 aromatic heterocycles. The largest absolute Gasteiger partial charge is 0.373 e. The van der Waals surface area contributed by atoms with Gasteiger partial charge < -0.3 is 15.4 Å². The highest BCUT2D eigenvalue weighted by atomic mass is 16.5. The van der Waals surface area contributed by atoms with Gasteiger partial charge in [0.1, 0.15) is 0 Å². The molecule has 1 amide bonds. The van der Waals surface area contributed by atoms with Crippen molar-refractivity contribution in [2.45, 2.75) is 45.4 Å². The van der Waals surface area contributed by atoms with Crippen LogP contribution in [-0.4, -0.2) is 49.2 Å². The number of anilines is 1. The lowest BCUT2D eigenvalue weighted by Crippen LogP contribution is -2.44. The summed E-state index contributed by atoms with van der Waals surface area (Å²) in [6.07, 6.45) is 2.36. The van der Waals surface area contributed by atoms with E-state index in [1.807, 2.05) is 18.2 Å². The van der Waals surface area contributed by atoms with E-state index in [9.17, 15) is 4.79 Å². The van der Waals surface area contributed by atoms with Gasteiger partial charge in [-0.25, -0.2) is 0 Å². The maximum Gasteiger partial charge on any atom is 0.227 e. The summed E-state index contributed by atoms with van der Waals surface area (Å²) in [6.45, 7) is 8.82. The Morgan fingerprint density at radius 2 is 1.88 bits per heavy atom. The molecule has 2 aliphatic rings. The van der Waals surface area contributed by atoms with Gasteiger partial charge in [-0.2, -0.15) is 0 Å². The van der Waals surface area contributed by atoms with Crippen LogP contribution in [0.1, 0.15) is 32.3 Å². The lowest BCUT2D eigenvalue weighted by atomic mass is 9.97. The molecule has 0 spiro atoms. The molecule has 0 aliphatic carbocycles. The van der Waals surface area contributed by atoms with Crippen LogP contribution in [0, 0.1) is 5.92 Å². The predicted octanol–water partition coefficient (Wildman–Crippen LogP) is 2.23. The van der Waals surface area contributed by atoms with Crippen molar-refractivity contribution < 1.29 is 9.53 Å². The van der Waals surface area contributed by atoms with Crippen LogP contribution in [0.5, 0.6) is 0 Å². The highest BCUT2D eigenvalue weighted by Gasteiger charge is 2.24. The fraction of sp³-hybridized carbons (Fsp3) is 0.632. The van der Waals surface area contributed by atoms with Gasteiger partial charge >= 0.3 is 0 Å². The molecule has 1 aromatic carbocycles. The number of benzene rings is 1. The molecule has 2 aliphatic heterocycles. The fourth-order valence-corrected chi connectivity index (χ4v) is 3.75. The Labute approximate surface area is 144 Å². The van der Waals surface area contributed by atoms with Gasteiger partial charge in [0.05, 0.1) is 12.2 Å². The van der Waals surface area contributed by atoms with Crippen LogP contribution < -0.4 is 10.6 Å². The van der Waals surface area contributed by atoms with E-state index < -0.39 is 0 Å². The van der Waals surface area contributed by atoms with E-state index >= 15 is 0 Å². The number of carbonyl (C=O) groups excluding carboxylic acids is 1. The number of carbonyl (C=O) groups is 1. The minimum absolute atomic E-state index is 0.128. The third-order valence-corrected chi connectivity index (χ3v) is 4.87. The summed E-state index contributed by atoms with van der Waals surface area (Å²) < 4.78 is 5.81. The van der Waals surface area contributed by atoms with Crippen molar-refractivity contribution in [1.29, 1.82) is 0 Å². The van der Waals surface area contributed by atoms with Crippen molar-refractivity contribution in [2.75, 3.05) is 31.5 Å². The van der Waals surface area contributed by atoms with Gasteiger partial charge in [0.25, 0.3) is 0 Å². The summed E-state index contributed by atoms with van der Waals surface area (Å²) >= 11 is 0. The Morgan fingerprint density at radius 3 is 2.58 bits per heavy atom. The van der Waals surface area contributed by atoms with Crippen molar-refractivity contribution >= 4 is 11.6 Å². The second-order valence-corrected chi connectivity index (χ2v) is 7.12. The van der Waals surface area contributed by atoms with Crippen molar-refractivity contribution in [2.24, 2.45) is 5.92 Å². The molecule has 0 radical (unpaired) electrons. The zero-order valence-electron chi connectivity index (χ0n) is 14.8. The number of hydrogen-bond donors (Lipinski definition) is 2. The molecule has 5 nitrogen and oxygen atoms in total.